The molecule has 10 heteroatoms. The first kappa shape index (κ1) is 22.6. The van der Waals surface area contributed by atoms with Crippen LogP contribution in [0.3, 0.4) is 0 Å². The Hall–Kier alpha value is -2.05. The smallest absolute Gasteiger partial charge is 0.336 e. The molecule has 0 amide bonds. The summed E-state index contributed by atoms with van der Waals surface area (Å²) < 4.78 is 16.2. The van der Waals surface area contributed by atoms with Crippen molar-refractivity contribution in [2.45, 2.75) is 62.7 Å². The highest BCUT2D eigenvalue weighted by Gasteiger charge is 2.47. The topological polar surface area (TPSA) is 170 Å². The van der Waals surface area contributed by atoms with E-state index in [1.807, 2.05) is 0 Å². The van der Waals surface area contributed by atoms with E-state index >= 15 is 0 Å². The molecule has 2 aromatic rings. The molecular formula is C20H26O10. The average molecular weight is 426 g/mol. The van der Waals surface area contributed by atoms with Gasteiger partial charge in [-0.15, -0.1) is 0 Å². The lowest BCUT2D eigenvalue weighted by Crippen LogP contribution is -2.61. The van der Waals surface area contributed by atoms with E-state index in [4.69, 9.17) is 13.9 Å². The van der Waals surface area contributed by atoms with Gasteiger partial charge in [-0.05, 0) is 32.0 Å². The Bertz CT molecular complexity index is 937. The molecule has 0 radical (unpaired) electrons. The molecule has 0 spiro atoms. The largest absolute Gasteiger partial charge is 0.508 e. The zero-order chi connectivity index (χ0) is 22.2. The van der Waals surface area contributed by atoms with Crippen LogP contribution in [0.4, 0.5) is 0 Å². The van der Waals surface area contributed by atoms with E-state index in [1.54, 1.807) is 6.07 Å². The molecule has 1 fully saturated rings. The van der Waals surface area contributed by atoms with Gasteiger partial charge in [0.2, 0.25) is 0 Å². The van der Waals surface area contributed by atoms with Crippen molar-refractivity contribution in [1.29, 1.82) is 0 Å². The monoisotopic (exact) mass is 426 g/mol. The molecule has 1 aliphatic rings. The van der Waals surface area contributed by atoms with Gasteiger partial charge in [-0.25, -0.2) is 4.79 Å². The third-order valence-corrected chi connectivity index (χ3v) is 5.34. The minimum absolute atomic E-state index is 0.130. The molecule has 0 saturated carbocycles. The molecular weight excluding hydrogens is 400 g/mol. The van der Waals surface area contributed by atoms with E-state index in [0.29, 0.717) is 5.39 Å². The van der Waals surface area contributed by atoms with E-state index in [2.05, 4.69) is 0 Å². The van der Waals surface area contributed by atoms with Crippen LogP contribution in [0.2, 0.25) is 0 Å². The summed E-state index contributed by atoms with van der Waals surface area (Å²) in [5.41, 5.74) is -1.66. The van der Waals surface area contributed by atoms with E-state index < -0.39 is 54.6 Å². The molecule has 2 heterocycles. The van der Waals surface area contributed by atoms with E-state index in [-0.39, 0.29) is 23.3 Å². The molecule has 6 N–H and O–H groups in total. The fraction of sp³-hybridized carbons (Fsp3) is 0.550. The van der Waals surface area contributed by atoms with E-state index in [9.17, 15) is 35.4 Å². The molecule has 3 rings (SSSR count). The van der Waals surface area contributed by atoms with Gasteiger partial charge in [0.25, 0.3) is 0 Å². The van der Waals surface area contributed by atoms with Crippen molar-refractivity contribution in [3.63, 3.8) is 0 Å². The SMILES string of the molecule is CC(C)(O[C@H]1O[C@@H](CO)[C@H](O)[C@H](O)[C@@H]1O)[C@H](O)Cc1c(O)ccc2ccc(=O)oc12. The number of benzene rings is 1. The van der Waals surface area contributed by atoms with Gasteiger partial charge in [0.15, 0.2) is 6.29 Å². The Morgan fingerprint density at radius 1 is 1.10 bits per heavy atom. The van der Waals surface area contributed by atoms with Crippen LogP contribution < -0.4 is 5.63 Å². The number of aliphatic hydroxyl groups is 5. The number of aliphatic hydroxyl groups excluding tert-OH is 5. The van der Waals surface area contributed by atoms with Gasteiger partial charge in [0, 0.05) is 23.4 Å². The standard InChI is InChI=1S/C20H26O10/c1-20(2,30-19-17(27)16(26)15(25)12(8-21)28-19)13(23)7-10-11(22)5-3-9-4-6-14(24)29-18(9)10/h3-6,12-13,15-17,19,21-23,25-27H,7-8H2,1-2H3/t12-,13+,15-,16-,17-,19+/m0/s1. The fourth-order valence-corrected chi connectivity index (χ4v) is 3.36. The van der Waals surface area contributed by atoms with Gasteiger partial charge < -0.3 is 44.5 Å². The fourth-order valence-electron chi connectivity index (χ4n) is 3.36. The number of aromatic hydroxyl groups is 1. The first-order chi connectivity index (χ1) is 14.0. The minimum atomic E-state index is -1.63. The molecule has 1 aromatic heterocycles. The number of hydrogen-bond donors (Lipinski definition) is 6. The summed E-state index contributed by atoms with van der Waals surface area (Å²) in [6.45, 7) is 2.38. The van der Waals surface area contributed by atoms with Crippen LogP contribution in [-0.2, 0) is 15.9 Å². The Kier molecular flexibility index (Phi) is 6.48. The maximum atomic E-state index is 11.6. The maximum Gasteiger partial charge on any atom is 0.336 e. The van der Waals surface area contributed by atoms with Crippen LogP contribution in [0.15, 0.2) is 33.5 Å². The third-order valence-electron chi connectivity index (χ3n) is 5.34. The number of phenolic OH excluding ortho intramolecular Hbond substituents is 1. The molecule has 30 heavy (non-hydrogen) atoms. The van der Waals surface area contributed by atoms with E-state index in [1.165, 1.54) is 32.0 Å². The van der Waals surface area contributed by atoms with Crippen molar-refractivity contribution in [3.05, 3.63) is 40.2 Å². The Morgan fingerprint density at radius 3 is 2.43 bits per heavy atom. The summed E-state index contributed by atoms with van der Waals surface area (Å²) in [6, 6.07) is 5.76. The number of ether oxygens (including phenoxy) is 2. The molecule has 0 aliphatic carbocycles. The van der Waals surface area contributed by atoms with Crippen molar-refractivity contribution in [1.82, 2.24) is 0 Å². The lowest BCUT2D eigenvalue weighted by Gasteiger charge is -2.43. The molecule has 166 valence electrons. The second-order valence-electron chi connectivity index (χ2n) is 7.87. The highest BCUT2D eigenvalue weighted by atomic mass is 16.7. The number of hydrogen-bond acceptors (Lipinski definition) is 10. The number of fused-ring (bicyclic) bond motifs is 1. The molecule has 10 nitrogen and oxygen atoms in total. The van der Waals surface area contributed by atoms with Crippen LogP contribution in [0.5, 0.6) is 5.75 Å². The highest BCUT2D eigenvalue weighted by molar-refractivity contribution is 5.82. The van der Waals surface area contributed by atoms with E-state index in [0.717, 1.165) is 0 Å². The summed E-state index contributed by atoms with van der Waals surface area (Å²) in [7, 11) is 0. The van der Waals surface area contributed by atoms with Crippen LogP contribution >= 0.6 is 0 Å². The highest BCUT2D eigenvalue weighted by Crippen LogP contribution is 2.32. The first-order valence-corrected chi connectivity index (χ1v) is 9.46. The lowest BCUT2D eigenvalue weighted by atomic mass is 9.92. The third kappa shape index (κ3) is 4.35. The van der Waals surface area contributed by atoms with Gasteiger partial charge >= 0.3 is 5.63 Å². The van der Waals surface area contributed by atoms with Gasteiger partial charge in [-0.2, -0.15) is 0 Å². The van der Waals surface area contributed by atoms with Crippen molar-refractivity contribution < 1.29 is 44.5 Å². The number of rotatable bonds is 6. The van der Waals surface area contributed by atoms with Crippen LogP contribution in [0.25, 0.3) is 11.0 Å². The van der Waals surface area contributed by atoms with Gasteiger partial charge in [-0.1, -0.05) is 0 Å². The Labute approximate surface area is 171 Å². The average Bonchev–Trinajstić information content (AvgIpc) is 2.70. The second kappa shape index (κ2) is 8.60. The molecule has 1 aliphatic heterocycles. The minimum Gasteiger partial charge on any atom is -0.508 e. The quantitative estimate of drug-likeness (QED) is 0.315. The zero-order valence-corrected chi connectivity index (χ0v) is 16.5. The predicted molar refractivity (Wildman–Crippen MR) is 103 cm³/mol. The molecule has 6 atom stereocenters. The number of phenols is 1. The van der Waals surface area contributed by atoms with Gasteiger partial charge in [0.05, 0.1) is 18.3 Å². The van der Waals surface area contributed by atoms with Crippen molar-refractivity contribution in [2.24, 2.45) is 0 Å². The maximum absolute atomic E-state index is 11.6. The van der Waals surface area contributed by atoms with Crippen LogP contribution in [-0.4, -0.2) is 79.7 Å². The summed E-state index contributed by atoms with van der Waals surface area (Å²) in [5, 5.41) is 60.8. The van der Waals surface area contributed by atoms with Gasteiger partial charge in [0.1, 0.15) is 35.7 Å². The van der Waals surface area contributed by atoms with Crippen LogP contribution in [0, 0.1) is 0 Å². The zero-order valence-electron chi connectivity index (χ0n) is 16.5. The summed E-state index contributed by atoms with van der Waals surface area (Å²) >= 11 is 0. The Balaban J connectivity index is 1.82. The predicted octanol–water partition coefficient (Wildman–Crippen LogP) is -1.00. The second-order valence-corrected chi connectivity index (χ2v) is 7.87. The lowest BCUT2D eigenvalue weighted by molar-refractivity contribution is -0.331. The molecule has 0 bridgehead atoms. The normalized spacial score (nSPS) is 28.6. The molecule has 0 unspecified atom stereocenters. The van der Waals surface area contributed by atoms with Gasteiger partial charge in [-0.3, -0.25) is 0 Å². The summed E-state index contributed by atoms with van der Waals surface area (Å²) in [6.07, 6.45) is -8.81. The summed E-state index contributed by atoms with van der Waals surface area (Å²) in [4.78, 5) is 11.6. The first-order valence-electron chi connectivity index (χ1n) is 9.46. The van der Waals surface area contributed by atoms with Crippen LogP contribution in [0.1, 0.15) is 19.4 Å². The molecule has 1 saturated heterocycles. The van der Waals surface area contributed by atoms with Crippen molar-refractivity contribution in [2.75, 3.05) is 6.61 Å². The molecule has 1 aromatic carbocycles. The summed E-state index contributed by atoms with van der Waals surface area (Å²) in [5.74, 6) is -0.181. The van der Waals surface area contributed by atoms with Crippen molar-refractivity contribution in [3.8, 4) is 5.75 Å². The Morgan fingerprint density at radius 2 is 1.77 bits per heavy atom. The van der Waals surface area contributed by atoms with Crippen molar-refractivity contribution >= 4 is 11.0 Å².